The minimum atomic E-state index is -0.781. The van der Waals surface area contributed by atoms with E-state index >= 15 is 0 Å². The van der Waals surface area contributed by atoms with Crippen molar-refractivity contribution in [3.8, 4) is 0 Å². The van der Waals surface area contributed by atoms with E-state index in [1.165, 1.54) is 11.7 Å². The van der Waals surface area contributed by atoms with E-state index in [0.717, 1.165) is 25.8 Å². The van der Waals surface area contributed by atoms with Crippen LogP contribution in [0, 0.1) is 0 Å². The second-order valence-corrected chi connectivity index (χ2v) is 5.39. The normalized spacial score (nSPS) is 11.3. The van der Waals surface area contributed by atoms with Crippen molar-refractivity contribution in [1.82, 2.24) is 16.1 Å². The molecule has 0 aromatic rings. The van der Waals surface area contributed by atoms with Crippen LogP contribution in [0.25, 0.3) is 0 Å². The van der Waals surface area contributed by atoms with Gasteiger partial charge in [0.1, 0.15) is 26.4 Å². The number of rotatable bonds is 16. The average molecular weight is 375 g/mol. The van der Waals surface area contributed by atoms with Gasteiger partial charge in [-0.15, -0.1) is 0 Å². The number of hydrogen-bond donors (Lipinski definition) is 4. The van der Waals surface area contributed by atoms with Gasteiger partial charge in [0.25, 0.3) is 5.91 Å². The van der Waals surface area contributed by atoms with E-state index in [4.69, 9.17) is 19.4 Å². The fourth-order valence-corrected chi connectivity index (χ4v) is 1.87. The van der Waals surface area contributed by atoms with Gasteiger partial charge >= 0.3 is 5.97 Å². The molecule has 1 unspecified atom stereocenters. The van der Waals surface area contributed by atoms with Crippen LogP contribution < -0.4 is 16.1 Å². The van der Waals surface area contributed by atoms with Crippen LogP contribution in [-0.4, -0.2) is 69.1 Å². The highest BCUT2D eigenvalue weighted by Crippen LogP contribution is 2.00. The van der Waals surface area contributed by atoms with Crippen LogP contribution in [0.3, 0.4) is 0 Å². The van der Waals surface area contributed by atoms with Gasteiger partial charge in [0.15, 0.2) is 0 Å². The molecule has 1 atom stereocenters. The molecule has 10 nitrogen and oxygen atoms in total. The SMILES string of the molecule is C=COCC(COC(=O)COCC(=O)NO)NC(=O)CCCCCNC. The highest BCUT2D eigenvalue weighted by atomic mass is 16.6. The van der Waals surface area contributed by atoms with Crippen molar-refractivity contribution in [2.24, 2.45) is 0 Å². The fraction of sp³-hybridized carbons (Fsp3) is 0.688. The molecule has 0 aliphatic carbocycles. The molecule has 10 heteroatoms. The molecule has 0 spiro atoms. The molecule has 0 bridgehead atoms. The number of hydroxylamine groups is 1. The monoisotopic (exact) mass is 375 g/mol. The number of amides is 2. The second-order valence-electron chi connectivity index (χ2n) is 5.39. The maximum atomic E-state index is 11.9. The number of carbonyl (C=O) groups excluding carboxylic acids is 3. The molecule has 0 aromatic heterocycles. The molecule has 0 aliphatic heterocycles. The maximum Gasteiger partial charge on any atom is 0.332 e. The number of hydrogen-bond acceptors (Lipinski definition) is 8. The first-order valence-electron chi connectivity index (χ1n) is 8.36. The van der Waals surface area contributed by atoms with Crippen LogP contribution in [0.15, 0.2) is 12.8 Å². The van der Waals surface area contributed by atoms with Crippen molar-refractivity contribution >= 4 is 17.8 Å². The first-order valence-corrected chi connectivity index (χ1v) is 8.36. The molecule has 0 aromatic carbocycles. The second kappa shape index (κ2) is 16.3. The van der Waals surface area contributed by atoms with E-state index in [1.807, 2.05) is 7.05 Å². The summed E-state index contributed by atoms with van der Waals surface area (Å²) < 4.78 is 14.8. The van der Waals surface area contributed by atoms with E-state index in [1.54, 1.807) is 0 Å². The summed E-state index contributed by atoms with van der Waals surface area (Å²) in [7, 11) is 1.88. The smallest absolute Gasteiger partial charge is 0.332 e. The van der Waals surface area contributed by atoms with Crippen molar-refractivity contribution in [2.45, 2.75) is 31.7 Å². The molecule has 26 heavy (non-hydrogen) atoms. The lowest BCUT2D eigenvalue weighted by Gasteiger charge is -2.18. The zero-order valence-corrected chi connectivity index (χ0v) is 15.1. The van der Waals surface area contributed by atoms with Gasteiger partial charge < -0.3 is 24.8 Å². The van der Waals surface area contributed by atoms with Crippen LogP contribution in [0.5, 0.6) is 0 Å². The zero-order valence-electron chi connectivity index (χ0n) is 15.1. The van der Waals surface area contributed by atoms with Gasteiger partial charge in [0.05, 0.1) is 12.3 Å². The van der Waals surface area contributed by atoms with Crippen molar-refractivity contribution in [2.75, 3.05) is 40.0 Å². The summed E-state index contributed by atoms with van der Waals surface area (Å²) in [5, 5.41) is 14.1. The molecule has 0 aliphatic rings. The van der Waals surface area contributed by atoms with Crippen molar-refractivity contribution in [1.29, 1.82) is 0 Å². The van der Waals surface area contributed by atoms with Crippen LogP contribution in [0.2, 0.25) is 0 Å². The molecule has 0 fully saturated rings. The first-order chi connectivity index (χ1) is 12.5. The molecular formula is C16H29N3O7. The lowest BCUT2D eigenvalue weighted by molar-refractivity contribution is -0.152. The van der Waals surface area contributed by atoms with Crippen LogP contribution in [0.4, 0.5) is 0 Å². The quantitative estimate of drug-likeness (QED) is 0.0930. The van der Waals surface area contributed by atoms with Crippen LogP contribution in [0.1, 0.15) is 25.7 Å². The summed E-state index contributed by atoms with van der Waals surface area (Å²) >= 11 is 0. The summed E-state index contributed by atoms with van der Waals surface area (Å²) in [6.07, 6.45) is 4.31. The van der Waals surface area contributed by atoms with E-state index in [9.17, 15) is 14.4 Å². The Kier molecular flexibility index (Phi) is 14.9. The standard InChI is InChI=1S/C16H29N3O7/c1-3-24-9-13(18-14(20)7-5-4-6-8-17-2)10-26-16(22)12-25-11-15(21)19-23/h3,13,17,23H,1,4-12H2,2H3,(H,18,20)(H,19,21). The Bertz CT molecular complexity index is 432. The molecule has 0 rings (SSSR count). The molecule has 0 radical (unpaired) electrons. The van der Waals surface area contributed by atoms with Gasteiger partial charge in [0.2, 0.25) is 5.91 Å². The first kappa shape index (κ1) is 23.8. The predicted molar refractivity (Wildman–Crippen MR) is 92.2 cm³/mol. The Morgan fingerprint density at radius 1 is 1.12 bits per heavy atom. The Morgan fingerprint density at radius 2 is 1.88 bits per heavy atom. The maximum absolute atomic E-state index is 11.9. The molecule has 0 saturated heterocycles. The highest BCUT2D eigenvalue weighted by Gasteiger charge is 2.15. The molecule has 0 saturated carbocycles. The van der Waals surface area contributed by atoms with E-state index in [0.29, 0.717) is 6.42 Å². The Balaban J connectivity index is 4.09. The molecule has 0 heterocycles. The third-order valence-electron chi connectivity index (χ3n) is 3.13. The largest absolute Gasteiger partial charge is 0.500 e. The van der Waals surface area contributed by atoms with Crippen molar-refractivity contribution < 1.29 is 33.8 Å². The summed E-state index contributed by atoms with van der Waals surface area (Å²) in [6, 6.07) is -0.525. The molecule has 2 amide bonds. The summed E-state index contributed by atoms with van der Waals surface area (Å²) in [4.78, 5) is 34.2. The Hall–Kier alpha value is -2.17. The minimum absolute atomic E-state index is 0.103. The fourth-order valence-electron chi connectivity index (χ4n) is 1.87. The van der Waals surface area contributed by atoms with Gasteiger partial charge in [-0.3, -0.25) is 14.8 Å². The third-order valence-corrected chi connectivity index (χ3v) is 3.13. The molecular weight excluding hydrogens is 346 g/mol. The lowest BCUT2D eigenvalue weighted by Crippen LogP contribution is -2.42. The third kappa shape index (κ3) is 14.2. The topological polar surface area (TPSA) is 135 Å². The van der Waals surface area contributed by atoms with E-state index in [-0.39, 0.29) is 19.1 Å². The van der Waals surface area contributed by atoms with Gasteiger partial charge in [-0.25, -0.2) is 10.3 Å². The molecule has 4 N–H and O–H groups in total. The number of carbonyl (C=O) groups is 3. The van der Waals surface area contributed by atoms with Crippen molar-refractivity contribution in [3.05, 3.63) is 12.8 Å². The van der Waals surface area contributed by atoms with E-state index in [2.05, 4.69) is 17.2 Å². The number of nitrogens with one attached hydrogen (secondary N) is 3. The highest BCUT2D eigenvalue weighted by molar-refractivity contribution is 5.77. The van der Waals surface area contributed by atoms with Gasteiger partial charge in [0, 0.05) is 6.42 Å². The van der Waals surface area contributed by atoms with Crippen molar-refractivity contribution in [3.63, 3.8) is 0 Å². The van der Waals surface area contributed by atoms with E-state index < -0.39 is 31.1 Å². The van der Waals surface area contributed by atoms with Gasteiger partial charge in [-0.1, -0.05) is 13.0 Å². The lowest BCUT2D eigenvalue weighted by atomic mass is 10.2. The molecule has 150 valence electrons. The number of unbranched alkanes of at least 4 members (excludes halogenated alkanes) is 2. The predicted octanol–water partition coefficient (Wildman–Crippen LogP) is -0.524. The summed E-state index contributed by atoms with van der Waals surface area (Å²) in [5.74, 6) is -1.64. The van der Waals surface area contributed by atoms with Crippen LogP contribution in [-0.2, 0) is 28.6 Å². The van der Waals surface area contributed by atoms with Crippen LogP contribution >= 0.6 is 0 Å². The summed E-state index contributed by atoms with van der Waals surface area (Å²) in [5.41, 5.74) is 1.37. The zero-order chi connectivity index (χ0) is 19.6. The Labute approximate surface area is 153 Å². The number of ether oxygens (including phenoxy) is 3. The Morgan fingerprint density at radius 3 is 2.54 bits per heavy atom. The van der Waals surface area contributed by atoms with Gasteiger partial charge in [-0.2, -0.15) is 0 Å². The minimum Gasteiger partial charge on any atom is -0.500 e. The summed E-state index contributed by atoms with van der Waals surface area (Å²) in [6.45, 7) is 3.41. The average Bonchev–Trinajstić information content (AvgIpc) is 2.63. The van der Waals surface area contributed by atoms with Gasteiger partial charge in [-0.05, 0) is 26.4 Å². The number of esters is 1.